The first-order valence-electron chi connectivity index (χ1n) is 12.0. The number of aromatic hydroxyl groups is 1. The number of phenolic OH excluding ortho intramolecular Hbond substituents is 1. The number of allylic oxidation sites excluding steroid dienone is 2. The first-order valence-corrected chi connectivity index (χ1v) is 12.0. The van der Waals surface area contributed by atoms with E-state index in [4.69, 9.17) is 9.84 Å². The summed E-state index contributed by atoms with van der Waals surface area (Å²) in [4.78, 5) is 12.5. The van der Waals surface area contributed by atoms with Gasteiger partial charge in [-0.15, -0.1) is 0 Å². The molecule has 0 unspecified atom stereocenters. The van der Waals surface area contributed by atoms with E-state index in [0.29, 0.717) is 31.4 Å². The van der Waals surface area contributed by atoms with Crippen molar-refractivity contribution in [1.82, 2.24) is 0 Å². The van der Waals surface area contributed by atoms with Gasteiger partial charge in [0.2, 0.25) is 0 Å². The van der Waals surface area contributed by atoms with Crippen LogP contribution in [-0.2, 0) is 17.6 Å². The molecule has 32 heavy (non-hydrogen) atoms. The Hall–Kier alpha value is -2.59. The standard InChI is InChI=1S/C28H36O4/c1-2-21(16-17-29)12-14-25(30)15-13-23-20-28(32-26-10-6-7-11-26)27(31)19-24(23)18-22-8-4-3-5-9-22/h3-5,8-9,12,14,19-21,26,29,31H,2,6-7,10-11,13,15-18H2,1H3/b14-12+/t21-/m1/s1. The second-order valence-electron chi connectivity index (χ2n) is 8.78. The molecule has 1 aliphatic rings. The fraction of sp³-hybridized carbons (Fsp3) is 0.464. The third-order valence-corrected chi connectivity index (χ3v) is 6.33. The Bertz CT molecular complexity index is 882. The van der Waals surface area contributed by atoms with E-state index in [9.17, 15) is 9.90 Å². The smallest absolute Gasteiger partial charge is 0.161 e. The Morgan fingerprint density at radius 3 is 2.59 bits per heavy atom. The fourth-order valence-corrected chi connectivity index (χ4v) is 4.33. The van der Waals surface area contributed by atoms with Crippen LogP contribution in [0.1, 0.15) is 68.6 Å². The predicted molar refractivity (Wildman–Crippen MR) is 128 cm³/mol. The average Bonchev–Trinajstić information content (AvgIpc) is 3.31. The number of carbonyl (C=O) groups excluding carboxylic acids is 1. The van der Waals surface area contributed by atoms with Gasteiger partial charge in [0.05, 0.1) is 6.10 Å². The summed E-state index contributed by atoms with van der Waals surface area (Å²) in [5, 5.41) is 19.8. The van der Waals surface area contributed by atoms with E-state index in [2.05, 4.69) is 19.1 Å². The number of aliphatic hydroxyl groups is 1. The third kappa shape index (κ3) is 7.23. The molecule has 0 saturated heterocycles. The maximum Gasteiger partial charge on any atom is 0.161 e. The molecule has 4 nitrogen and oxygen atoms in total. The Morgan fingerprint density at radius 2 is 1.91 bits per heavy atom. The molecule has 1 saturated carbocycles. The van der Waals surface area contributed by atoms with Gasteiger partial charge in [0.25, 0.3) is 0 Å². The molecule has 2 N–H and O–H groups in total. The van der Waals surface area contributed by atoms with Crippen LogP contribution in [0.25, 0.3) is 0 Å². The maximum absolute atomic E-state index is 12.5. The Morgan fingerprint density at radius 1 is 1.16 bits per heavy atom. The molecule has 2 aromatic rings. The number of carbonyl (C=O) groups is 1. The molecule has 1 fully saturated rings. The zero-order valence-electron chi connectivity index (χ0n) is 19.1. The summed E-state index contributed by atoms with van der Waals surface area (Å²) in [7, 11) is 0. The van der Waals surface area contributed by atoms with Gasteiger partial charge in [0.1, 0.15) is 0 Å². The zero-order valence-corrected chi connectivity index (χ0v) is 19.1. The summed E-state index contributed by atoms with van der Waals surface area (Å²) in [5.74, 6) is 1.02. The molecule has 0 amide bonds. The molecular formula is C28H36O4. The Kier molecular flexibility index (Phi) is 9.36. The van der Waals surface area contributed by atoms with Crippen molar-refractivity contribution in [2.45, 2.75) is 70.8 Å². The van der Waals surface area contributed by atoms with Crippen molar-refractivity contribution in [3.05, 3.63) is 71.3 Å². The quantitative estimate of drug-likeness (QED) is 0.415. The number of aryl methyl sites for hydroxylation is 1. The van der Waals surface area contributed by atoms with Crippen LogP contribution in [0.2, 0.25) is 0 Å². The van der Waals surface area contributed by atoms with Crippen LogP contribution in [0.15, 0.2) is 54.6 Å². The minimum absolute atomic E-state index is 0.0818. The van der Waals surface area contributed by atoms with E-state index in [1.54, 1.807) is 12.1 Å². The van der Waals surface area contributed by atoms with Gasteiger partial charge in [0.15, 0.2) is 17.3 Å². The van der Waals surface area contributed by atoms with Crippen LogP contribution in [0.5, 0.6) is 11.5 Å². The molecule has 3 rings (SSSR count). The summed E-state index contributed by atoms with van der Waals surface area (Å²) < 4.78 is 6.11. The normalized spacial score (nSPS) is 15.3. The number of benzene rings is 2. The van der Waals surface area contributed by atoms with Gasteiger partial charge >= 0.3 is 0 Å². The van der Waals surface area contributed by atoms with Crippen LogP contribution in [0, 0.1) is 5.92 Å². The van der Waals surface area contributed by atoms with Crippen LogP contribution >= 0.6 is 0 Å². The van der Waals surface area contributed by atoms with Crippen molar-refractivity contribution in [3.63, 3.8) is 0 Å². The molecule has 4 heteroatoms. The Labute approximate surface area is 191 Å². The molecule has 0 spiro atoms. The van der Waals surface area contributed by atoms with Gasteiger partial charge in [-0.2, -0.15) is 0 Å². The predicted octanol–water partition coefficient (Wildman–Crippen LogP) is 5.77. The van der Waals surface area contributed by atoms with Crippen LogP contribution in [0.4, 0.5) is 0 Å². The van der Waals surface area contributed by atoms with Crippen molar-refractivity contribution in [3.8, 4) is 11.5 Å². The number of ketones is 1. The van der Waals surface area contributed by atoms with E-state index < -0.39 is 0 Å². The lowest BCUT2D eigenvalue weighted by Gasteiger charge is -2.18. The van der Waals surface area contributed by atoms with Gasteiger partial charge in [-0.05, 0) is 92.2 Å². The number of hydrogen-bond donors (Lipinski definition) is 2. The molecule has 1 atom stereocenters. The zero-order chi connectivity index (χ0) is 22.8. The lowest BCUT2D eigenvalue weighted by molar-refractivity contribution is -0.114. The van der Waals surface area contributed by atoms with Crippen molar-refractivity contribution in [2.24, 2.45) is 5.92 Å². The van der Waals surface area contributed by atoms with Crippen LogP contribution in [0.3, 0.4) is 0 Å². The van der Waals surface area contributed by atoms with E-state index in [1.807, 2.05) is 30.3 Å². The molecule has 2 aromatic carbocycles. The van der Waals surface area contributed by atoms with Crippen LogP contribution < -0.4 is 4.74 Å². The van der Waals surface area contributed by atoms with Gasteiger partial charge in [0, 0.05) is 13.0 Å². The first-order chi connectivity index (χ1) is 15.6. The van der Waals surface area contributed by atoms with Gasteiger partial charge < -0.3 is 14.9 Å². The monoisotopic (exact) mass is 436 g/mol. The topological polar surface area (TPSA) is 66.8 Å². The third-order valence-electron chi connectivity index (χ3n) is 6.33. The lowest BCUT2D eigenvalue weighted by Crippen LogP contribution is -2.12. The number of hydrogen-bond acceptors (Lipinski definition) is 4. The van der Waals surface area contributed by atoms with Crippen molar-refractivity contribution in [1.29, 1.82) is 0 Å². The highest BCUT2D eigenvalue weighted by molar-refractivity contribution is 5.89. The Balaban J connectivity index is 1.75. The maximum atomic E-state index is 12.5. The molecular weight excluding hydrogens is 400 g/mol. The lowest BCUT2D eigenvalue weighted by atomic mass is 9.95. The first kappa shape index (κ1) is 24.1. The molecule has 1 aliphatic carbocycles. The highest BCUT2D eigenvalue weighted by atomic mass is 16.5. The van der Waals surface area contributed by atoms with E-state index in [-0.39, 0.29) is 30.2 Å². The minimum atomic E-state index is 0.0818. The largest absolute Gasteiger partial charge is 0.504 e. The highest BCUT2D eigenvalue weighted by Gasteiger charge is 2.19. The van der Waals surface area contributed by atoms with Gasteiger partial charge in [-0.25, -0.2) is 0 Å². The van der Waals surface area contributed by atoms with Crippen LogP contribution in [-0.4, -0.2) is 28.7 Å². The second kappa shape index (κ2) is 12.4. The molecule has 0 aromatic heterocycles. The molecule has 0 radical (unpaired) electrons. The number of ether oxygens (including phenoxy) is 1. The van der Waals surface area contributed by atoms with E-state index in [1.165, 1.54) is 18.4 Å². The summed E-state index contributed by atoms with van der Waals surface area (Å²) in [5.41, 5.74) is 3.23. The number of phenols is 1. The average molecular weight is 437 g/mol. The molecule has 0 heterocycles. The van der Waals surface area contributed by atoms with Crippen molar-refractivity contribution >= 4 is 5.78 Å². The molecule has 0 bridgehead atoms. The van der Waals surface area contributed by atoms with Gasteiger partial charge in [-0.1, -0.05) is 43.3 Å². The fourth-order valence-electron chi connectivity index (χ4n) is 4.33. The number of rotatable bonds is 12. The summed E-state index contributed by atoms with van der Waals surface area (Å²) in [6.07, 6.45) is 11.4. The van der Waals surface area contributed by atoms with E-state index >= 15 is 0 Å². The summed E-state index contributed by atoms with van der Waals surface area (Å²) in [6.45, 7) is 2.20. The van der Waals surface area contributed by atoms with Gasteiger partial charge in [-0.3, -0.25) is 4.79 Å². The SMILES string of the molecule is CC[C@H](/C=C/C(=O)CCc1cc(OC2CCCC2)c(O)cc1Cc1ccccc1)CCO. The number of aliphatic hydroxyl groups excluding tert-OH is 1. The highest BCUT2D eigenvalue weighted by Crippen LogP contribution is 2.35. The van der Waals surface area contributed by atoms with E-state index in [0.717, 1.165) is 30.4 Å². The minimum Gasteiger partial charge on any atom is -0.504 e. The van der Waals surface area contributed by atoms with Crippen molar-refractivity contribution < 1.29 is 19.7 Å². The van der Waals surface area contributed by atoms with Crippen molar-refractivity contribution in [2.75, 3.05) is 6.61 Å². The second-order valence-corrected chi connectivity index (χ2v) is 8.78. The summed E-state index contributed by atoms with van der Waals surface area (Å²) in [6, 6.07) is 13.9. The summed E-state index contributed by atoms with van der Waals surface area (Å²) >= 11 is 0. The molecule has 172 valence electrons. The molecule has 0 aliphatic heterocycles.